The smallest absolute Gasteiger partial charge is 0.227 e. The average Bonchev–Trinajstić information content (AvgIpc) is 3.37. The first-order chi connectivity index (χ1) is 15.6. The van der Waals surface area contributed by atoms with Crippen LogP contribution in [0.15, 0.2) is 72.8 Å². The highest BCUT2D eigenvalue weighted by Gasteiger charge is 2.35. The molecule has 1 aliphatic rings. The third-order valence-electron chi connectivity index (χ3n) is 6.52. The fourth-order valence-corrected chi connectivity index (χ4v) is 4.85. The van der Waals surface area contributed by atoms with Crippen molar-refractivity contribution in [2.45, 2.75) is 45.6 Å². The van der Waals surface area contributed by atoms with E-state index in [1.165, 1.54) is 11.1 Å². The highest BCUT2D eigenvalue weighted by molar-refractivity contribution is 5.97. The van der Waals surface area contributed by atoms with E-state index in [0.717, 1.165) is 47.5 Å². The van der Waals surface area contributed by atoms with E-state index >= 15 is 0 Å². The van der Waals surface area contributed by atoms with Crippen molar-refractivity contribution in [3.05, 3.63) is 95.3 Å². The number of hydrogen-bond donors (Lipinski definition) is 0. The standard InChI is InChI=1S/C28H29N3O/c1-20-14-15-21(2)26(17-20)31-19-23(18-27(31)32)28-29-24-12-6-7-13-25(24)30(28)16-8-11-22-9-4-3-5-10-22/h3-7,9-10,12-15,17,23H,8,11,16,18-19H2,1-2H3. The van der Waals surface area contributed by atoms with Crippen LogP contribution in [0.5, 0.6) is 0 Å². The van der Waals surface area contributed by atoms with E-state index in [2.05, 4.69) is 85.1 Å². The molecule has 1 fully saturated rings. The zero-order valence-corrected chi connectivity index (χ0v) is 18.8. The summed E-state index contributed by atoms with van der Waals surface area (Å²) in [4.78, 5) is 20.0. The number of aromatic nitrogens is 2. The number of anilines is 1. The fraction of sp³-hybridized carbons (Fsp3) is 0.286. The maximum absolute atomic E-state index is 13.0. The molecule has 4 aromatic rings. The van der Waals surface area contributed by atoms with Gasteiger partial charge in [0.15, 0.2) is 0 Å². The highest BCUT2D eigenvalue weighted by atomic mass is 16.2. The number of para-hydroxylation sites is 2. The molecular formula is C28H29N3O. The first kappa shape index (κ1) is 20.5. The quantitative estimate of drug-likeness (QED) is 0.393. The van der Waals surface area contributed by atoms with Crippen LogP contribution in [0, 0.1) is 13.8 Å². The second-order valence-corrected chi connectivity index (χ2v) is 8.89. The van der Waals surface area contributed by atoms with Gasteiger partial charge in [0.2, 0.25) is 5.91 Å². The third-order valence-corrected chi connectivity index (χ3v) is 6.52. The number of fused-ring (bicyclic) bond motifs is 1. The van der Waals surface area contributed by atoms with Crippen molar-refractivity contribution in [1.82, 2.24) is 9.55 Å². The van der Waals surface area contributed by atoms with E-state index in [-0.39, 0.29) is 11.8 Å². The summed E-state index contributed by atoms with van der Waals surface area (Å²) in [5, 5.41) is 0. The van der Waals surface area contributed by atoms with Crippen molar-refractivity contribution in [2.24, 2.45) is 0 Å². The van der Waals surface area contributed by atoms with Crippen molar-refractivity contribution >= 4 is 22.6 Å². The first-order valence-electron chi connectivity index (χ1n) is 11.5. The molecule has 5 rings (SSSR count). The van der Waals surface area contributed by atoms with Crippen molar-refractivity contribution < 1.29 is 4.79 Å². The molecule has 1 amide bonds. The van der Waals surface area contributed by atoms with Gasteiger partial charge in [-0.1, -0.05) is 54.6 Å². The minimum Gasteiger partial charge on any atom is -0.328 e. The van der Waals surface area contributed by atoms with Gasteiger partial charge in [0.25, 0.3) is 0 Å². The highest BCUT2D eigenvalue weighted by Crippen LogP contribution is 2.35. The van der Waals surface area contributed by atoms with E-state index in [0.29, 0.717) is 13.0 Å². The molecule has 1 atom stereocenters. The largest absolute Gasteiger partial charge is 0.328 e. The number of amides is 1. The van der Waals surface area contributed by atoms with Gasteiger partial charge in [-0.15, -0.1) is 0 Å². The Kier molecular flexibility index (Phi) is 5.52. The summed E-state index contributed by atoms with van der Waals surface area (Å²) in [6, 6.07) is 25.3. The maximum Gasteiger partial charge on any atom is 0.227 e. The molecule has 0 radical (unpaired) electrons. The maximum atomic E-state index is 13.0. The Bertz CT molecular complexity index is 1260. The van der Waals surface area contributed by atoms with Crippen molar-refractivity contribution in [2.75, 3.05) is 11.4 Å². The molecular weight excluding hydrogens is 394 g/mol. The molecule has 2 heterocycles. The van der Waals surface area contributed by atoms with Crippen LogP contribution in [0.3, 0.4) is 0 Å². The van der Waals surface area contributed by atoms with Crippen LogP contribution in [-0.4, -0.2) is 22.0 Å². The zero-order valence-electron chi connectivity index (χ0n) is 18.8. The molecule has 0 bridgehead atoms. The van der Waals surface area contributed by atoms with E-state index in [9.17, 15) is 4.79 Å². The normalized spacial score (nSPS) is 16.2. The summed E-state index contributed by atoms with van der Waals surface area (Å²) in [5.41, 5.74) is 6.88. The molecule has 1 unspecified atom stereocenters. The lowest BCUT2D eigenvalue weighted by atomic mass is 10.1. The molecule has 1 aliphatic heterocycles. The Balaban J connectivity index is 1.43. The Morgan fingerprint density at radius 3 is 2.59 bits per heavy atom. The fourth-order valence-electron chi connectivity index (χ4n) is 4.85. The number of hydrogen-bond acceptors (Lipinski definition) is 2. The Morgan fingerprint density at radius 1 is 0.969 bits per heavy atom. The molecule has 32 heavy (non-hydrogen) atoms. The van der Waals surface area contributed by atoms with E-state index in [4.69, 9.17) is 4.98 Å². The molecule has 1 saturated heterocycles. The second-order valence-electron chi connectivity index (χ2n) is 8.89. The van der Waals surface area contributed by atoms with E-state index < -0.39 is 0 Å². The minimum absolute atomic E-state index is 0.103. The SMILES string of the molecule is Cc1ccc(C)c(N2CC(c3nc4ccccc4n3CCCc3ccccc3)CC2=O)c1. The molecule has 0 saturated carbocycles. The lowest BCUT2D eigenvalue weighted by molar-refractivity contribution is -0.117. The average molecular weight is 424 g/mol. The minimum atomic E-state index is 0.103. The number of carbonyl (C=O) groups excluding carboxylic acids is 1. The van der Waals surface area contributed by atoms with Gasteiger partial charge in [0.05, 0.1) is 11.0 Å². The summed E-state index contributed by atoms with van der Waals surface area (Å²) in [6.07, 6.45) is 2.58. The molecule has 0 N–H and O–H groups in total. The van der Waals surface area contributed by atoms with Gasteiger partial charge in [-0.05, 0) is 61.6 Å². The Labute approximate surface area is 189 Å². The second kappa shape index (κ2) is 8.62. The molecule has 162 valence electrons. The van der Waals surface area contributed by atoms with Crippen LogP contribution in [0.2, 0.25) is 0 Å². The number of imidazole rings is 1. The monoisotopic (exact) mass is 423 g/mol. The van der Waals surface area contributed by atoms with Crippen LogP contribution in [0.4, 0.5) is 5.69 Å². The van der Waals surface area contributed by atoms with Crippen molar-refractivity contribution in [3.8, 4) is 0 Å². The van der Waals surface area contributed by atoms with E-state index in [1.807, 2.05) is 11.0 Å². The van der Waals surface area contributed by atoms with Gasteiger partial charge in [0, 0.05) is 31.1 Å². The number of carbonyl (C=O) groups is 1. The van der Waals surface area contributed by atoms with Gasteiger partial charge in [0.1, 0.15) is 5.82 Å². The van der Waals surface area contributed by atoms with Gasteiger partial charge >= 0.3 is 0 Å². The first-order valence-corrected chi connectivity index (χ1v) is 11.5. The van der Waals surface area contributed by atoms with Crippen molar-refractivity contribution in [3.63, 3.8) is 0 Å². The van der Waals surface area contributed by atoms with Crippen LogP contribution in [-0.2, 0) is 17.8 Å². The summed E-state index contributed by atoms with van der Waals surface area (Å²) in [7, 11) is 0. The van der Waals surface area contributed by atoms with Crippen molar-refractivity contribution in [1.29, 1.82) is 0 Å². The summed E-state index contributed by atoms with van der Waals surface area (Å²) in [6.45, 7) is 5.74. The molecule has 0 aliphatic carbocycles. The summed E-state index contributed by atoms with van der Waals surface area (Å²) >= 11 is 0. The Morgan fingerprint density at radius 2 is 1.75 bits per heavy atom. The molecule has 4 heteroatoms. The molecule has 3 aromatic carbocycles. The third kappa shape index (κ3) is 3.93. The number of nitrogens with zero attached hydrogens (tertiary/aromatic N) is 3. The Hall–Kier alpha value is -3.40. The number of rotatable bonds is 6. The van der Waals surface area contributed by atoms with E-state index in [1.54, 1.807) is 0 Å². The topological polar surface area (TPSA) is 38.1 Å². The van der Waals surface area contributed by atoms with Crippen LogP contribution < -0.4 is 4.90 Å². The van der Waals surface area contributed by atoms with Gasteiger partial charge < -0.3 is 9.47 Å². The molecule has 1 aromatic heterocycles. The predicted octanol–water partition coefficient (Wildman–Crippen LogP) is 5.81. The lowest BCUT2D eigenvalue weighted by Crippen LogP contribution is -2.25. The van der Waals surface area contributed by atoms with Crippen LogP contribution >= 0.6 is 0 Å². The predicted molar refractivity (Wildman–Crippen MR) is 130 cm³/mol. The van der Waals surface area contributed by atoms with Gasteiger partial charge in [-0.3, -0.25) is 4.79 Å². The van der Waals surface area contributed by atoms with Gasteiger partial charge in [-0.2, -0.15) is 0 Å². The molecule has 4 nitrogen and oxygen atoms in total. The van der Waals surface area contributed by atoms with Gasteiger partial charge in [-0.25, -0.2) is 4.98 Å². The summed E-state index contributed by atoms with van der Waals surface area (Å²) in [5.74, 6) is 1.33. The summed E-state index contributed by atoms with van der Waals surface area (Å²) < 4.78 is 2.35. The molecule has 0 spiro atoms. The number of aryl methyl sites for hydroxylation is 4. The zero-order chi connectivity index (χ0) is 22.1. The lowest BCUT2D eigenvalue weighted by Gasteiger charge is -2.20. The van der Waals surface area contributed by atoms with Crippen LogP contribution in [0.1, 0.15) is 41.3 Å². The number of benzene rings is 3. The van der Waals surface area contributed by atoms with Crippen LogP contribution in [0.25, 0.3) is 11.0 Å².